The summed E-state index contributed by atoms with van der Waals surface area (Å²) in [5.74, 6) is 0.359. The van der Waals surface area contributed by atoms with E-state index >= 15 is 0 Å². The molecule has 188 valence electrons. The van der Waals surface area contributed by atoms with Crippen molar-refractivity contribution in [2.24, 2.45) is 5.41 Å². The van der Waals surface area contributed by atoms with Gasteiger partial charge in [0.25, 0.3) is 0 Å². The van der Waals surface area contributed by atoms with Crippen molar-refractivity contribution in [3.8, 4) is 28.8 Å². The predicted molar refractivity (Wildman–Crippen MR) is 137 cm³/mol. The maximum absolute atomic E-state index is 13.8. The SMILES string of the molecule is CC1(c2cccc(-c3nc(O)nc(-c4cc(CNC(=O)C5(CF)CCCCC5)ccc4Cl)n3)c2)CC1. The van der Waals surface area contributed by atoms with E-state index in [9.17, 15) is 14.3 Å². The number of hydrogen-bond acceptors (Lipinski definition) is 5. The van der Waals surface area contributed by atoms with Gasteiger partial charge in [0, 0.05) is 17.7 Å². The minimum absolute atomic E-state index is 0.189. The van der Waals surface area contributed by atoms with E-state index in [1.807, 2.05) is 12.1 Å². The summed E-state index contributed by atoms with van der Waals surface area (Å²) in [4.78, 5) is 25.7. The summed E-state index contributed by atoms with van der Waals surface area (Å²) in [7, 11) is 0. The number of alkyl halides is 1. The highest BCUT2D eigenvalue weighted by Gasteiger charge is 2.40. The summed E-state index contributed by atoms with van der Waals surface area (Å²) < 4.78 is 13.8. The third kappa shape index (κ3) is 4.94. The normalized spacial score (nSPS) is 18.0. The van der Waals surface area contributed by atoms with Crippen molar-refractivity contribution in [3.05, 3.63) is 58.6 Å². The van der Waals surface area contributed by atoms with E-state index in [0.717, 1.165) is 43.2 Å². The van der Waals surface area contributed by atoms with Crippen molar-refractivity contribution >= 4 is 17.5 Å². The van der Waals surface area contributed by atoms with Gasteiger partial charge in [-0.1, -0.05) is 62.1 Å². The summed E-state index contributed by atoms with van der Waals surface area (Å²) in [5.41, 5.74) is 2.58. The molecule has 36 heavy (non-hydrogen) atoms. The van der Waals surface area contributed by atoms with Crippen LogP contribution in [0.1, 0.15) is 63.0 Å². The van der Waals surface area contributed by atoms with E-state index < -0.39 is 18.1 Å². The second-order valence-electron chi connectivity index (χ2n) is 10.4. The average Bonchev–Trinajstić information content (AvgIpc) is 3.66. The highest BCUT2D eigenvalue weighted by atomic mass is 35.5. The number of amides is 1. The molecule has 0 bridgehead atoms. The summed E-state index contributed by atoms with van der Waals surface area (Å²) in [6, 6.07) is 12.9. The Kier molecular flexibility index (Phi) is 6.68. The average molecular weight is 509 g/mol. The molecule has 0 saturated heterocycles. The van der Waals surface area contributed by atoms with Crippen LogP contribution in [0, 0.1) is 5.41 Å². The minimum atomic E-state index is -0.922. The molecule has 0 aliphatic heterocycles. The van der Waals surface area contributed by atoms with Gasteiger partial charge in [-0.25, -0.2) is 9.37 Å². The molecule has 3 aromatic rings. The molecule has 2 N–H and O–H groups in total. The summed E-state index contributed by atoms with van der Waals surface area (Å²) in [5, 5.41) is 13.6. The standard InChI is InChI=1S/C28H30ClFN4O2/c1-27(12-13-27)20-7-5-6-19(15-20)23-32-24(34-26(36)33-23)21-14-18(8-9-22(21)29)16-31-25(35)28(17-30)10-3-2-4-11-28/h5-9,14-15H,2-4,10-13,16-17H2,1H3,(H,31,35)(H,32,33,34,36). The lowest BCUT2D eigenvalue weighted by Gasteiger charge is -2.33. The molecular weight excluding hydrogens is 479 g/mol. The molecule has 0 unspecified atom stereocenters. The van der Waals surface area contributed by atoms with E-state index in [4.69, 9.17) is 11.6 Å². The number of carbonyl (C=O) groups excluding carboxylic acids is 1. The summed E-state index contributed by atoms with van der Waals surface area (Å²) in [6.45, 7) is 1.82. The van der Waals surface area contributed by atoms with Crippen molar-refractivity contribution in [1.82, 2.24) is 20.3 Å². The van der Waals surface area contributed by atoms with Gasteiger partial charge in [0.1, 0.15) is 6.67 Å². The lowest BCUT2D eigenvalue weighted by molar-refractivity contribution is -0.134. The molecule has 1 heterocycles. The van der Waals surface area contributed by atoms with Gasteiger partial charge in [0.15, 0.2) is 11.6 Å². The molecule has 5 rings (SSSR count). The fourth-order valence-corrected chi connectivity index (χ4v) is 5.20. The van der Waals surface area contributed by atoms with Gasteiger partial charge in [-0.15, -0.1) is 0 Å². The number of rotatable bonds is 7. The van der Waals surface area contributed by atoms with Crippen molar-refractivity contribution < 1.29 is 14.3 Å². The Labute approximate surface area is 215 Å². The summed E-state index contributed by atoms with van der Waals surface area (Å²) >= 11 is 6.48. The van der Waals surface area contributed by atoms with Crippen LogP contribution in [-0.4, -0.2) is 32.6 Å². The molecule has 2 aliphatic rings. The number of nitrogens with one attached hydrogen (secondary N) is 1. The molecule has 0 radical (unpaired) electrons. The molecule has 2 aliphatic carbocycles. The van der Waals surface area contributed by atoms with Crippen LogP contribution in [0.5, 0.6) is 6.01 Å². The Morgan fingerprint density at radius 3 is 2.50 bits per heavy atom. The monoisotopic (exact) mass is 508 g/mol. The van der Waals surface area contributed by atoms with Crippen LogP contribution in [0.3, 0.4) is 0 Å². The van der Waals surface area contributed by atoms with Crippen LogP contribution in [0.2, 0.25) is 5.02 Å². The van der Waals surface area contributed by atoms with E-state index in [2.05, 4.69) is 39.3 Å². The Morgan fingerprint density at radius 1 is 1.03 bits per heavy atom. The number of halogens is 2. The quantitative estimate of drug-likeness (QED) is 0.399. The van der Waals surface area contributed by atoms with Gasteiger partial charge in [-0.2, -0.15) is 9.97 Å². The van der Waals surface area contributed by atoms with Gasteiger partial charge in [0.05, 0.1) is 10.4 Å². The van der Waals surface area contributed by atoms with Gasteiger partial charge in [0.2, 0.25) is 5.91 Å². The predicted octanol–water partition coefficient (Wildman–Crippen LogP) is 6.15. The number of nitrogens with zero attached hydrogens (tertiary/aromatic N) is 3. The number of hydrogen-bond donors (Lipinski definition) is 2. The van der Waals surface area contributed by atoms with Crippen molar-refractivity contribution in [2.75, 3.05) is 6.67 Å². The number of aromatic nitrogens is 3. The zero-order valence-electron chi connectivity index (χ0n) is 20.4. The lowest BCUT2D eigenvalue weighted by Crippen LogP contribution is -2.43. The van der Waals surface area contributed by atoms with E-state index in [0.29, 0.717) is 29.3 Å². The highest BCUT2D eigenvalue weighted by molar-refractivity contribution is 6.33. The first-order chi connectivity index (χ1) is 17.3. The first-order valence-corrected chi connectivity index (χ1v) is 12.9. The van der Waals surface area contributed by atoms with E-state index in [1.54, 1.807) is 18.2 Å². The first-order valence-electron chi connectivity index (χ1n) is 12.5. The van der Waals surface area contributed by atoms with Crippen molar-refractivity contribution in [1.29, 1.82) is 0 Å². The zero-order valence-corrected chi connectivity index (χ0v) is 21.1. The van der Waals surface area contributed by atoms with Crippen LogP contribution >= 0.6 is 11.6 Å². The van der Waals surface area contributed by atoms with Crippen LogP contribution in [0.15, 0.2) is 42.5 Å². The second-order valence-corrected chi connectivity index (χ2v) is 10.8. The van der Waals surface area contributed by atoms with E-state index in [-0.39, 0.29) is 23.7 Å². The third-order valence-electron chi connectivity index (χ3n) is 7.71. The topological polar surface area (TPSA) is 88.0 Å². The zero-order chi connectivity index (χ0) is 25.3. The fraction of sp³-hybridized carbons (Fsp3) is 0.429. The number of aromatic hydroxyl groups is 1. The summed E-state index contributed by atoms with van der Waals surface area (Å²) in [6.07, 6.45) is 6.24. The van der Waals surface area contributed by atoms with Crippen molar-refractivity contribution in [3.63, 3.8) is 0 Å². The molecule has 0 spiro atoms. The van der Waals surface area contributed by atoms with Gasteiger partial charge in [-0.3, -0.25) is 4.79 Å². The smallest absolute Gasteiger partial charge is 0.318 e. The largest absolute Gasteiger partial charge is 0.479 e. The van der Waals surface area contributed by atoms with Gasteiger partial charge >= 0.3 is 6.01 Å². The Balaban J connectivity index is 1.39. The molecule has 8 heteroatoms. The number of benzene rings is 2. The molecular formula is C28H30ClFN4O2. The molecule has 1 amide bonds. The Hall–Kier alpha value is -3.06. The molecule has 1 aromatic heterocycles. The van der Waals surface area contributed by atoms with Crippen LogP contribution < -0.4 is 5.32 Å². The maximum atomic E-state index is 13.8. The van der Waals surface area contributed by atoms with Crippen molar-refractivity contribution in [2.45, 2.75) is 63.8 Å². The van der Waals surface area contributed by atoms with Gasteiger partial charge in [-0.05, 0) is 60.4 Å². The second kappa shape index (κ2) is 9.77. The van der Waals surface area contributed by atoms with Crippen LogP contribution in [0.25, 0.3) is 22.8 Å². The molecule has 0 atom stereocenters. The van der Waals surface area contributed by atoms with Crippen LogP contribution in [-0.2, 0) is 16.8 Å². The Bertz CT molecular complexity index is 1290. The molecule has 6 nitrogen and oxygen atoms in total. The fourth-order valence-electron chi connectivity index (χ4n) is 5.00. The first kappa shape index (κ1) is 24.6. The minimum Gasteiger partial charge on any atom is -0.479 e. The highest BCUT2D eigenvalue weighted by Crippen LogP contribution is 2.48. The molecule has 2 aromatic carbocycles. The Morgan fingerprint density at radius 2 is 1.78 bits per heavy atom. The molecule has 2 fully saturated rings. The van der Waals surface area contributed by atoms with E-state index in [1.165, 1.54) is 5.56 Å². The maximum Gasteiger partial charge on any atom is 0.318 e. The number of carbonyl (C=O) groups is 1. The lowest BCUT2D eigenvalue weighted by atomic mass is 9.74. The van der Waals surface area contributed by atoms with Crippen LogP contribution in [0.4, 0.5) is 4.39 Å². The molecule has 2 saturated carbocycles. The van der Waals surface area contributed by atoms with Gasteiger partial charge < -0.3 is 10.4 Å². The third-order valence-corrected chi connectivity index (χ3v) is 8.04.